The lowest BCUT2D eigenvalue weighted by Gasteiger charge is -2.32. The molecule has 7 aromatic rings. The number of hydrazine groups is 6. The predicted octanol–water partition coefficient (Wildman–Crippen LogP) is 16.1. The van der Waals surface area contributed by atoms with Crippen molar-refractivity contribution in [3.63, 3.8) is 0 Å². The largest absolute Gasteiger partial charge is 0.335 e. The van der Waals surface area contributed by atoms with E-state index < -0.39 is 109 Å². The van der Waals surface area contributed by atoms with E-state index in [-0.39, 0.29) is 60.4 Å². The normalized spacial score (nSPS) is 14.0. The topological polar surface area (TPSA) is 346 Å². The van der Waals surface area contributed by atoms with Gasteiger partial charge in [-0.2, -0.15) is 41.8 Å². The van der Waals surface area contributed by atoms with Gasteiger partial charge in [-0.05, 0) is 201 Å². The molecule has 0 bridgehead atoms. The van der Waals surface area contributed by atoms with Crippen molar-refractivity contribution >= 4 is 184 Å². The second-order valence-electron chi connectivity index (χ2n) is 26.8. The Bertz CT molecular complexity index is 4980. The van der Waals surface area contributed by atoms with Gasteiger partial charge in [0.15, 0.2) is 0 Å². The highest BCUT2D eigenvalue weighted by Gasteiger charge is 2.47. The number of hydrogen-bond acceptors (Lipinski definition) is 19. The number of carbonyl (C=O) groups is 18. The van der Waals surface area contributed by atoms with Gasteiger partial charge in [0.2, 0.25) is 0 Å². The van der Waals surface area contributed by atoms with Crippen molar-refractivity contribution in [2.24, 2.45) is 5.92 Å². The first kappa shape index (κ1) is 91.8. The number of benzene rings is 7. The molecule has 0 N–H and O–H groups in total. The van der Waals surface area contributed by atoms with Crippen LogP contribution in [-0.2, 0) is 6.54 Å². The Balaban J connectivity index is 0.000000177. The number of unbranched alkanes of at least 4 members (excludes halogenated alkanes) is 2. The highest BCUT2D eigenvalue weighted by molar-refractivity contribution is 7.98. The number of amides is 18. The molecule has 37 heteroatoms. The number of nitrogens with zero attached hydrogens (tertiary/aromatic N) is 12. The lowest BCUT2D eigenvalue weighted by atomic mass is 10.1. The minimum atomic E-state index is -0.889. The molecule has 118 heavy (non-hydrogen) atoms. The Morgan fingerprint density at radius 2 is 0.585 bits per heavy atom. The van der Waals surface area contributed by atoms with Gasteiger partial charge in [-0.1, -0.05) is 143 Å². The van der Waals surface area contributed by atoms with Crippen LogP contribution in [0.3, 0.4) is 0 Å². The summed E-state index contributed by atoms with van der Waals surface area (Å²) in [4.78, 5) is 216. The van der Waals surface area contributed by atoms with Crippen molar-refractivity contribution in [3.05, 3.63) is 248 Å². The number of thioether (sulfide) groups is 1. The fourth-order valence-electron chi connectivity index (χ4n) is 12.3. The number of carbonyl (C=O) groups excluding carboxylic acids is 18. The summed E-state index contributed by atoms with van der Waals surface area (Å²) in [5.41, 5.74) is 5.28. The molecule has 1 atom stereocenters. The van der Waals surface area contributed by atoms with Crippen LogP contribution in [0.5, 0.6) is 0 Å². The predicted molar refractivity (Wildman–Crippen MR) is 437 cm³/mol. The van der Waals surface area contributed by atoms with Gasteiger partial charge < -0.3 is 0 Å². The first-order valence-electron chi connectivity index (χ1n) is 36.3. The molecule has 0 saturated carbocycles. The zero-order valence-corrected chi connectivity index (χ0v) is 70.0. The molecule has 1 unspecified atom stereocenters. The summed E-state index contributed by atoms with van der Waals surface area (Å²) in [5, 5.41) is 5.69. The second-order valence-corrected chi connectivity index (χ2v) is 29.8. The van der Waals surface area contributed by atoms with Crippen molar-refractivity contribution in [2.75, 3.05) is 31.6 Å². The molecular weight excluding hydrogens is 1670 g/mol. The number of fused-ring (bicyclic) bond motifs is 6. The first-order valence-corrected chi connectivity index (χ1v) is 39.9. The minimum absolute atomic E-state index is 0.0358. The van der Waals surface area contributed by atoms with E-state index in [1.807, 2.05) is 65.1 Å². The van der Waals surface area contributed by atoms with Gasteiger partial charge in [0.25, 0.3) is 70.9 Å². The molecule has 6 aliphatic heterocycles. The number of imide groups is 6. The van der Waals surface area contributed by atoms with Crippen LogP contribution in [0.4, 0.5) is 28.8 Å². The third-order valence-electron chi connectivity index (χ3n) is 18.2. The molecule has 0 aromatic heterocycles. The van der Waals surface area contributed by atoms with E-state index in [4.69, 9.17) is 69.6 Å². The molecule has 7 aromatic carbocycles. The van der Waals surface area contributed by atoms with Crippen LogP contribution in [0.25, 0.3) is 0 Å². The highest BCUT2D eigenvalue weighted by Crippen LogP contribution is 2.33. The monoisotopic (exact) mass is 1750 g/mol. The third-order valence-corrected chi connectivity index (χ3v) is 19.9. The van der Waals surface area contributed by atoms with Gasteiger partial charge in [0.05, 0.1) is 85.9 Å². The van der Waals surface area contributed by atoms with Crippen molar-refractivity contribution < 1.29 is 86.3 Å². The summed E-state index contributed by atoms with van der Waals surface area (Å²) in [7, 11) is 0. The molecule has 6 aliphatic rings. The first-order chi connectivity index (χ1) is 56.0. The molecule has 30 nitrogen and oxygen atoms in total. The fourth-order valence-corrected chi connectivity index (χ4v) is 13.8. The number of rotatable bonds is 20. The molecule has 0 saturated heterocycles. The van der Waals surface area contributed by atoms with E-state index in [1.165, 1.54) is 11.8 Å². The Kier molecular flexibility index (Phi) is 31.8. The number of aryl methyl sites for hydroxylation is 1. The highest BCUT2D eigenvalue weighted by atomic mass is 35.5. The van der Waals surface area contributed by atoms with Crippen LogP contribution >= 0.6 is 81.4 Å². The Morgan fingerprint density at radius 1 is 0.331 bits per heavy atom. The van der Waals surface area contributed by atoms with E-state index >= 15 is 0 Å². The van der Waals surface area contributed by atoms with Crippen molar-refractivity contribution in [1.29, 1.82) is 0 Å². The Morgan fingerprint density at radius 3 is 0.822 bits per heavy atom. The summed E-state index contributed by atoms with van der Waals surface area (Å²) in [5.74, 6) is -5.62. The van der Waals surface area contributed by atoms with Gasteiger partial charge in [0.1, 0.15) is 0 Å². The van der Waals surface area contributed by atoms with Gasteiger partial charge in [0, 0.05) is 24.9 Å². The summed E-state index contributed by atoms with van der Waals surface area (Å²) in [6, 6.07) is 45.4. The summed E-state index contributed by atoms with van der Waals surface area (Å²) in [6.45, 7) is 15.3. The fraction of sp³-hybridized carbons (Fsp3) is 0.259. The summed E-state index contributed by atoms with van der Waals surface area (Å²) >= 11 is 34.5. The molecule has 0 spiro atoms. The maximum Gasteiger partial charge on any atom is 0.335 e. The van der Waals surface area contributed by atoms with Crippen molar-refractivity contribution in [3.8, 4) is 0 Å². The SMILES string of the molecule is CC(C)CN(C(=O)Cl)N1C(=O)c2ccccc2C1=O.CC(C)N(C(=O)Cl)N1C(=O)c2ccccc2C1=O.CCC(C)N(C(=O)Cl)N1C(=O)c2ccccc2C1=O.CCCCCN(C(=O)Cl)N1C(=O)c2ccccc2C1=O.CSCCN(C(=O)Cl)N1C(=O)c2ccccc2C1=O.Cc1ccc(CN(C(=O)Cl)N2C(=O)c3ccccc3C2=O)cc1. The Labute approximate surface area is 711 Å². The van der Waals surface area contributed by atoms with Gasteiger partial charge in [-0.3, -0.25) is 86.3 Å². The average molecular weight is 1750 g/mol. The van der Waals surface area contributed by atoms with Gasteiger partial charge >= 0.3 is 32.2 Å². The third kappa shape index (κ3) is 20.1. The van der Waals surface area contributed by atoms with E-state index in [2.05, 4.69) is 0 Å². The lowest BCUT2D eigenvalue weighted by Crippen LogP contribution is -2.51. The quantitative estimate of drug-likeness (QED) is 0.0296. The van der Waals surface area contributed by atoms with Crippen LogP contribution in [0.15, 0.2) is 170 Å². The average Bonchev–Trinajstić information content (AvgIpc) is 1.65. The minimum Gasteiger partial charge on any atom is -0.267 e. The van der Waals surface area contributed by atoms with Crippen LogP contribution in [0.1, 0.15) is 210 Å². The molecule has 0 radical (unpaired) electrons. The second kappa shape index (κ2) is 40.9. The zero-order valence-electron chi connectivity index (χ0n) is 64.7. The maximum absolute atomic E-state index is 12.4. The maximum atomic E-state index is 12.4. The van der Waals surface area contributed by atoms with Crippen LogP contribution < -0.4 is 0 Å². The molecule has 0 fully saturated rings. The van der Waals surface area contributed by atoms with E-state index in [1.54, 1.807) is 166 Å². The zero-order chi connectivity index (χ0) is 87.0. The van der Waals surface area contributed by atoms with E-state index in [0.29, 0.717) is 63.1 Å². The van der Waals surface area contributed by atoms with E-state index in [0.717, 1.165) is 84.1 Å². The standard InChI is InChI=1S/C17H13ClN2O3.C14H15ClN2O3.2C13H13ClN2O3.C12H11ClN2O3S.C12H11ClN2O3/c1-11-6-8-12(9-7-11)10-19(17(18)23)20-15(21)13-4-2-3-5-14(13)16(20)22;1-2-3-6-9-16(14(15)20)17-12(18)10-7-4-5-8-11(10)13(17)19;1-8(2)7-15(13(14)19)16-11(17)9-5-3-4-6-10(9)12(16)18;1-3-8(2)15(13(14)19)16-11(17)9-6-4-5-7-10(9)12(16)18;1-19-7-6-14(12(13)18)15-10(16)8-4-2-3-5-9(8)11(15)17;1-7(2)14(12(13)18)15-10(16)8-5-3-4-6-9(8)11(15)17/h2-9H,10H2,1H3;4-5,7-8H,2-3,6,9H2,1H3;3-6,8H,7H2,1-2H3;4-8H,3H2,1-2H3;2-5H,6-7H2,1H3;3-7H,1-2H3. The van der Waals surface area contributed by atoms with E-state index in [9.17, 15) is 86.3 Å². The van der Waals surface area contributed by atoms with Crippen LogP contribution in [0.2, 0.25) is 0 Å². The van der Waals surface area contributed by atoms with Crippen LogP contribution in [-0.4, -0.2) is 207 Å². The van der Waals surface area contributed by atoms with Crippen molar-refractivity contribution in [1.82, 2.24) is 60.1 Å². The molecule has 13 rings (SSSR count). The smallest absolute Gasteiger partial charge is 0.267 e. The van der Waals surface area contributed by atoms with Gasteiger partial charge in [-0.25, -0.2) is 30.1 Å². The number of hydrogen-bond donors (Lipinski definition) is 0. The summed E-state index contributed by atoms with van der Waals surface area (Å²) < 4.78 is 0. The lowest BCUT2D eigenvalue weighted by molar-refractivity contribution is 0.00958. The van der Waals surface area contributed by atoms with Crippen LogP contribution in [0, 0.1) is 12.8 Å². The molecule has 616 valence electrons. The molecule has 6 heterocycles. The molecule has 0 aliphatic carbocycles. The number of halogens is 6. The molecule has 18 amide bonds. The van der Waals surface area contributed by atoms with Crippen molar-refractivity contribution in [2.45, 2.75) is 99.7 Å². The summed E-state index contributed by atoms with van der Waals surface area (Å²) in [6.07, 6.45) is 4.98. The van der Waals surface area contributed by atoms with Gasteiger partial charge in [-0.15, -0.1) is 0 Å². The molecular formula is C81H76Cl6N12O18S. The Hall–Kier alpha value is -11.7.